The van der Waals surface area contributed by atoms with Crippen molar-refractivity contribution in [2.75, 3.05) is 18.5 Å². The topological polar surface area (TPSA) is 15.3 Å². The summed E-state index contributed by atoms with van der Waals surface area (Å²) in [7, 11) is 2.01. The van der Waals surface area contributed by atoms with E-state index in [0.29, 0.717) is 0 Å². The zero-order valence-corrected chi connectivity index (χ0v) is 12.7. The highest BCUT2D eigenvalue weighted by Gasteiger charge is 2.22. The van der Waals surface area contributed by atoms with Gasteiger partial charge in [0.1, 0.15) is 0 Å². The summed E-state index contributed by atoms with van der Waals surface area (Å²) in [6.45, 7) is 6.75. The maximum Gasteiger partial charge on any atom is 0.0398 e. The lowest BCUT2D eigenvalue weighted by molar-refractivity contribution is 0.434. The fraction of sp³-hybridized carbons (Fsp3) is 0.647. The third kappa shape index (κ3) is 3.50. The Balaban J connectivity index is 2.18. The van der Waals surface area contributed by atoms with Gasteiger partial charge >= 0.3 is 0 Å². The average molecular weight is 260 g/mol. The lowest BCUT2D eigenvalue weighted by Gasteiger charge is -2.38. The molecule has 1 aromatic carbocycles. The van der Waals surface area contributed by atoms with E-state index >= 15 is 0 Å². The van der Waals surface area contributed by atoms with Gasteiger partial charge in [0.25, 0.3) is 0 Å². The molecule has 2 rings (SSSR count). The van der Waals surface area contributed by atoms with E-state index < -0.39 is 0 Å². The molecule has 2 heteroatoms. The standard InChI is InChI=1S/C17H28N2/c1-4-7-16-8-5-6-11-19(16)17-10-9-15(13-18-3)12-14(17)2/h9-10,12,16,18H,4-8,11,13H2,1-3H3. The molecule has 0 aromatic heterocycles. The van der Waals surface area contributed by atoms with E-state index in [4.69, 9.17) is 0 Å². The number of benzene rings is 1. The van der Waals surface area contributed by atoms with Gasteiger partial charge in [-0.2, -0.15) is 0 Å². The molecule has 0 radical (unpaired) electrons. The van der Waals surface area contributed by atoms with Crippen molar-refractivity contribution in [1.29, 1.82) is 0 Å². The van der Waals surface area contributed by atoms with Crippen molar-refractivity contribution >= 4 is 5.69 Å². The molecule has 1 aliphatic heterocycles. The Kier molecular flexibility index (Phi) is 5.26. The van der Waals surface area contributed by atoms with Crippen molar-refractivity contribution in [2.45, 2.75) is 58.5 Å². The second-order valence-corrected chi connectivity index (χ2v) is 5.78. The van der Waals surface area contributed by atoms with Gasteiger partial charge in [-0.05, 0) is 56.8 Å². The lowest BCUT2D eigenvalue weighted by Crippen LogP contribution is -2.39. The highest BCUT2D eigenvalue weighted by molar-refractivity contribution is 5.55. The van der Waals surface area contributed by atoms with Gasteiger partial charge in [0.15, 0.2) is 0 Å². The number of anilines is 1. The summed E-state index contributed by atoms with van der Waals surface area (Å²) in [5.41, 5.74) is 4.27. The predicted molar refractivity (Wildman–Crippen MR) is 83.8 cm³/mol. The summed E-state index contributed by atoms with van der Waals surface area (Å²) in [6.07, 6.45) is 6.73. The Labute approximate surface area is 118 Å². The van der Waals surface area contributed by atoms with Crippen LogP contribution in [0.1, 0.15) is 50.2 Å². The van der Waals surface area contributed by atoms with Crippen LogP contribution in [0.2, 0.25) is 0 Å². The first kappa shape index (κ1) is 14.4. The number of nitrogens with one attached hydrogen (secondary N) is 1. The molecule has 0 bridgehead atoms. The van der Waals surface area contributed by atoms with Crippen LogP contribution >= 0.6 is 0 Å². The Morgan fingerprint density at radius 3 is 2.84 bits per heavy atom. The van der Waals surface area contributed by atoms with Gasteiger partial charge in [-0.15, -0.1) is 0 Å². The minimum absolute atomic E-state index is 0.757. The van der Waals surface area contributed by atoms with Crippen LogP contribution in [0.4, 0.5) is 5.69 Å². The van der Waals surface area contributed by atoms with E-state index in [2.05, 4.69) is 42.3 Å². The lowest BCUT2D eigenvalue weighted by atomic mass is 9.96. The number of hydrogen-bond donors (Lipinski definition) is 1. The Hall–Kier alpha value is -1.02. The Morgan fingerprint density at radius 2 is 2.16 bits per heavy atom. The van der Waals surface area contributed by atoms with Gasteiger partial charge in [-0.1, -0.05) is 25.5 Å². The van der Waals surface area contributed by atoms with Crippen LogP contribution in [-0.2, 0) is 6.54 Å². The third-order valence-electron chi connectivity index (χ3n) is 4.20. The Bertz CT molecular complexity index is 398. The molecule has 0 aliphatic carbocycles. The normalized spacial score (nSPS) is 19.7. The maximum absolute atomic E-state index is 3.23. The van der Waals surface area contributed by atoms with E-state index in [0.717, 1.165) is 12.6 Å². The molecule has 2 nitrogen and oxygen atoms in total. The predicted octanol–water partition coefficient (Wildman–Crippen LogP) is 3.87. The largest absolute Gasteiger partial charge is 0.368 e. The number of piperidine rings is 1. The summed E-state index contributed by atoms with van der Waals surface area (Å²) in [5.74, 6) is 0. The van der Waals surface area contributed by atoms with Gasteiger partial charge in [0.2, 0.25) is 0 Å². The van der Waals surface area contributed by atoms with Gasteiger partial charge < -0.3 is 10.2 Å². The molecule has 0 spiro atoms. The molecular formula is C17H28N2. The van der Waals surface area contributed by atoms with Crippen LogP contribution in [-0.4, -0.2) is 19.6 Å². The van der Waals surface area contributed by atoms with Crippen LogP contribution in [0.25, 0.3) is 0 Å². The molecule has 106 valence electrons. The maximum atomic E-state index is 3.23. The van der Waals surface area contributed by atoms with Crippen molar-refractivity contribution in [2.24, 2.45) is 0 Å². The molecular weight excluding hydrogens is 232 g/mol. The van der Waals surface area contributed by atoms with Crippen LogP contribution in [0, 0.1) is 6.92 Å². The molecule has 19 heavy (non-hydrogen) atoms. The summed E-state index contributed by atoms with van der Waals surface area (Å²) < 4.78 is 0. The minimum atomic E-state index is 0.757. The zero-order chi connectivity index (χ0) is 13.7. The van der Waals surface area contributed by atoms with Crippen LogP contribution in [0.5, 0.6) is 0 Å². The smallest absolute Gasteiger partial charge is 0.0398 e. The van der Waals surface area contributed by atoms with Gasteiger partial charge in [-0.3, -0.25) is 0 Å². The monoisotopic (exact) mass is 260 g/mol. The van der Waals surface area contributed by atoms with Crippen molar-refractivity contribution in [1.82, 2.24) is 5.32 Å². The van der Waals surface area contributed by atoms with Gasteiger partial charge in [-0.25, -0.2) is 0 Å². The molecule has 1 aromatic rings. The summed E-state index contributed by atoms with van der Waals surface area (Å²) in [5, 5.41) is 3.23. The van der Waals surface area contributed by atoms with Crippen LogP contribution in [0.3, 0.4) is 0 Å². The summed E-state index contributed by atoms with van der Waals surface area (Å²) >= 11 is 0. The molecule has 1 saturated heterocycles. The fourth-order valence-electron chi connectivity index (χ4n) is 3.30. The fourth-order valence-corrected chi connectivity index (χ4v) is 3.30. The highest BCUT2D eigenvalue weighted by Crippen LogP contribution is 2.30. The molecule has 1 atom stereocenters. The van der Waals surface area contributed by atoms with Crippen molar-refractivity contribution in [3.63, 3.8) is 0 Å². The van der Waals surface area contributed by atoms with E-state index in [1.165, 1.54) is 55.5 Å². The number of hydrogen-bond acceptors (Lipinski definition) is 2. The first-order valence-electron chi connectivity index (χ1n) is 7.77. The van der Waals surface area contributed by atoms with Crippen LogP contribution in [0.15, 0.2) is 18.2 Å². The number of rotatable bonds is 5. The third-order valence-corrected chi connectivity index (χ3v) is 4.20. The van der Waals surface area contributed by atoms with Crippen molar-refractivity contribution in [3.05, 3.63) is 29.3 Å². The zero-order valence-electron chi connectivity index (χ0n) is 12.7. The van der Waals surface area contributed by atoms with Crippen molar-refractivity contribution < 1.29 is 0 Å². The second-order valence-electron chi connectivity index (χ2n) is 5.78. The molecule has 0 amide bonds. The number of aryl methyl sites for hydroxylation is 1. The molecule has 1 unspecified atom stereocenters. The quantitative estimate of drug-likeness (QED) is 0.864. The van der Waals surface area contributed by atoms with E-state index in [9.17, 15) is 0 Å². The minimum Gasteiger partial charge on any atom is -0.368 e. The molecule has 1 fully saturated rings. The molecule has 1 heterocycles. The first-order valence-corrected chi connectivity index (χ1v) is 7.77. The van der Waals surface area contributed by atoms with Crippen LogP contribution < -0.4 is 10.2 Å². The molecule has 1 N–H and O–H groups in total. The molecule has 1 aliphatic rings. The highest BCUT2D eigenvalue weighted by atomic mass is 15.2. The van der Waals surface area contributed by atoms with E-state index in [-0.39, 0.29) is 0 Å². The van der Waals surface area contributed by atoms with E-state index in [1.807, 2.05) is 7.05 Å². The van der Waals surface area contributed by atoms with E-state index in [1.54, 1.807) is 0 Å². The SMILES string of the molecule is CCCC1CCCCN1c1ccc(CNC)cc1C. The average Bonchev–Trinajstić information content (AvgIpc) is 2.41. The first-order chi connectivity index (χ1) is 9.26. The summed E-state index contributed by atoms with van der Waals surface area (Å²) in [6, 6.07) is 7.70. The van der Waals surface area contributed by atoms with Crippen molar-refractivity contribution in [3.8, 4) is 0 Å². The van der Waals surface area contributed by atoms with Gasteiger partial charge in [0, 0.05) is 24.8 Å². The number of nitrogens with zero attached hydrogens (tertiary/aromatic N) is 1. The Morgan fingerprint density at radius 1 is 1.32 bits per heavy atom. The van der Waals surface area contributed by atoms with Gasteiger partial charge in [0.05, 0.1) is 0 Å². The summed E-state index contributed by atoms with van der Waals surface area (Å²) in [4.78, 5) is 2.66. The molecule has 0 saturated carbocycles. The second kappa shape index (κ2) is 6.95.